The van der Waals surface area contributed by atoms with E-state index in [1.54, 1.807) is 58.4 Å². The fourth-order valence-electron chi connectivity index (χ4n) is 4.50. The van der Waals surface area contributed by atoms with E-state index in [0.717, 1.165) is 0 Å². The highest BCUT2D eigenvalue weighted by molar-refractivity contribution is 9.10. The van der Waals surface area contributed by atoms with E-state index < -0.39 is 12.0 Å². The number of methoxy groups -OCH3 is 2. The largest absolute Gasteiger partial charge is 0.493 e. The van der Waals surface area contributed by atoms with Crippen LogP contribution in [0.1, 0.15) is 37.9 Å². The van der Waals surface area contributed by atoms with Crippen molar-refractivity contribution in [2.45, 2.75) is 26.8 Å². The van der Waals surface area contributed by atoms with Crippen molar-refractivity contribution in [2.24, 2.45) is 4.99 Å². The summed E-state index contributed by atoms with van der Waals surface area (Å²) in [6.07, 6.45) is 3.40. The van der Waals surface area contributed by atoms with Gasteiger partial charge in [0.15, 0.2) is 27.8 Å². The van der Waals surface area contributed by atoms with Crippen LogP contribution >= 0.6 is 27.3 Å². The summed E-state index contributed by atoms with van der Waals surface area (Å²) in [6, 6.07) is 8.19. The van der Waals surface area contributed by atoms with Crippen molar-refractivity contribution in [3.63, 3.8) is 0 Å². The van der Waals surface area contributed by atoms with Crippen LogP contribution in [0.3, 0.4) is 0 Å². The SMILES string of the molecule is C=CCOc1c(Br)cc(/C=c2\sc3n(c2=O)[C@H](c2ccc(OC)c(OCC)c2)C(C(=O)OCC)=C(C)N=3)cc1OC. The van der Waals surface area contributed by atoms with Gasteiger partial charge in [-0.25, -0.2) is 9.79 Å². The molecule has 0 unspecified atom stereocenters. The monoisotopic (exact) mass is 642 g/mol. The summed E-state index contributed by atoms with van der Waals surface area (Å²) in [4.78, 5) is 32.3. The molecule has 9 nitrogen and oxygen atoms in total. The van der Waals surface area contributed by atoms with Gasteiger partial charge >= 0.3 is 5.97 Å². The van der Waals surface area contributed by atoms with Crippen LogP contribution in [-0.2, 0) is 9.53 Å². The predicted octanol–water partition coefficient (Wildman–Crippen LogP) is 4.54. The number of aromatic nitrogens is 1. The first-order chi connectivity index (χ1) is 19.8. The summed E-state index contributed by atoms with van der Waals surface area (Å²) < 4.78 is 30.5. The number of nitrogens with zero attached hydrogens (tertiary/aromatic N) is 2. The molecular formula is C30H31BrN2O7S. The Kier molecular flexibility index (Phi) is 9.72. The van der Waals surface area contributed by atoms with E-state index >= 15 is 0 Å². The van der Waals surface area contributed by atoms with Crippen LogP contribution in [0.25, 0.3) is 6.08 Å². The number of halogens is 1. The molecule has 0 bridgehead atoms. The zero-order valence-electron chi connectivity index (χ0n) is 23.5. The first-order valence-corrected chi connectivity index (χ1v) is 14.5. The Labute approximate surface area is 250 Å². The van der Waals surface area contributed by atoms with Gasteiger partial charge in [-0.15, -0.1) is 0 Å². The molecule has 2 heterocycles. The average molecular weight is 644 g/mol. The van der Waals surface area contributed by atoms with Crippen molar-refractivity contribution in [1.29, 1.82) is 0 Å². The lowest BCUT2D eigenvalue weighted by molar-refractivity contribution is -0.139. The highest BCUT2D eigenvalue weighted by Crippen LogP contribution is 2.38. The van der Waals surface area contributed by atoms with Crippen LogP contribution in [0.5, 0.6) is 23.0 Å². The zero-order valence-corrected chi connectivity index (χ0v) is 25.9. The summed E-state index contributed by atoms with van der Waals surface area (Å²) in [6.45, 7) is 9.94. The second-order valence-corrected chi connectivity index (χ2v) is 10.6. The smallest absolute Gasteiger partial charge is 0.338 e. The molecule has 0 amide bonds. The minimum absolute atomic E-state index is 0.183. The molecular weight excluding hydrogens is 612 g/mol. The fraction of sp³-hybridized carbons (Fsp3) is 0.300. The van der Waals surface area contributed by atoms with E-state index in [0.29, 0.717) is 66.8 Å². The molecule has 0 saturated heterocycles. The average Bonchev–Trinajstić information content (AvgIpc) is 3.25. The van der Waals surface area contributed by atoms with Gasteiger partial charge in [-0.05, 0) is 78.2 Å². The van der Waals surface area contributed by atoms with Crippen molar-refractivity contribution in [3.05, 3.63) is 89.5 Å². The van der Waals surface area contributed by atoms with E-state index in [2.05, 4.69) is 27.5 Å². The second kappa shape index (κ2) is 13.2. The molecule has 1 aliphatic heterocycles. The van der Waals surface area contributed by atoms with Gasteiger partial charge in [-0.2, -0.15) is 0 Å². The molecule has 0 N–H and O–H groups in total. The number of ether oxygens (including phenoxy) is 5. The molecule has 1 aliphatic rings. The van der Waals surface area contributed by atoms with Gasteiger partial charge in [0, 0.05) is 0 Å². The molecule has 0 spiro atoms. The maximum atomic E-state index is 14.0. The molecule has 2 aromatic carbocycles. The van der Waals surface area contributed by atoms with Crippen molar-refractivity contribution in [2.75, 3.05) is 34.0 Å². The standard InChI is InChI=1S/C30H31BrN2O7S/c1-7-12-40-27-20(31)13-18(14-23(27)37-6)15-24-28(34)33-26(19-10-11-21(36-5)22(16-19)38-8-2)25(29(35)39-9-3)17(4)32-30(33)41-24/h7,10-11,13-16,26H,1,8-9,12H2,2-6H3/b24-15-/t26-/m1/s1. The molecule has 1 atom stereocenters. The third kappa shape index (κ3) is 6.11. The summed E-state index contributed by atoms with van der Waals surface area (Å²) >= 11 is 4.77. The molecule has 0 aliphatic carbocycles. The number of thiazole rings is 1. The van der Waals surface area contributed by atoms with E-state index in [1.165, 1.54) is 15.9 Å². The second-order valence-electron chi connectivity index (χ2n) is 8.78. The molecule has 0 fully saturated rings. The molecule has 11 heteroatoms. The lowest BCUT2D eigenvalue weighted by atomic mass is 9.95. The van der Waals surface area contributed by atoms with Gasteiger partial charge < -0.3 is 23.7 Å². The van der Waals surface area contributed by atoms with E-state index in [-0.39, 0.29) is 17.7 Å². The van der Waals surface area contributed by atoms with Gasteiger partial charge in [0.2, 0.25) is 0 Å². The molecule has 0 saturated carbocycles. The quantitative estimate of drug-likeness (QED) is 0.224. The summed E-state index contributed by atoms with van der Waals surface area (Å²) in [7, 11) is 3.10. The van der Waals surface area contributed by atoms with Gasteiger partial charge in [-0.1, -0.05) is 30.1 Å². The van der Waals surface area contributed by atoms with Crippen LogP contribution in [0.15, 0.2) is 68.5 Å². The first kappa shape index (κ1) is 30.1. The summed E-state index contributed by atoms with van der Waals surface area (Å²) in [5.41, 5.74) is 1.83. The minimum Gasteiger partial charge on any atom is -0.493 e. The third-order valence-electron chi connectivity index (χ3n) is 6.22. The maximum absolute atomic E-state index is 14.0. The molecule has 0 radical (unpaired) electrons. The van der Waals surface area contributed by atoms with E-state index in [1.807, 2.05) is 19.1 Å². The van der Waals surface area contributed by atoms with Crippen LogP contribution in [0.2, 0.25) is 0 Å². The lowest BCUT2D eigenvalue weighted by Gasteiger charge is -2.25. The Bertz CT molecular complexity index is 1690. The van der Waals surface area contributed by atoms with Crippen LogP contribution in [0.4, 0.5) is 0 Å². The van der Waals surface area contributed by atoms with Crippen molar-refractivity contribution < 1.29 is 28.5 Å². The minimum atomic E-state index is -0.784. The number of carbonyl (C=O) groups excluding carboxylic acids is 1. The summed E-state index contributed by atoms with van der Waals surface area (Å²) in [5, 5.41) is 0. The maximum Gasteiger partial charge on any atom is 0.338 e. The number of carbonyl (C=O) groups is 1. The Morgan fingerprint density at radius 2 is 1.85 bits per heavy atom. The number of rotatable bonds is 11. The molecule has 41 heavy (non-hydrogen) atoms. The van der Waals surface area contributed by atoms with Gasteiger partial charge in [-0.3, -0.25) is 9.36 Å². The molecule has 4 rings (SSSR count). The predicted molar refractivity (Wildman–Crippen MR) is 161 cm³/mol. The van der Waals surface area contributed by atoms with Crippen molar-refractivity contribution in [3.8, 4) is 23.0 Å². The van der Waals surface area contributed by atoms with Crippen LogP contribution in [-0.4, -0.2) is 44.6 Å². The Hall–Kier alpha value is -3.83. The normalized spacial score (nSPS) is 14.7. The number of fused-ring (bicyclic) bond motifs is 1. The lowest BCUT2D eigenvalue weighted by Crippen LogP contribution is -2.40. The topological polar surface area (TPSA) is 97.6 Å². The van der Waals surface area contributed by atoms with Crippen LogP contribution < -0.4 is 33.8 Å². The number of hydrogen-bond donors (Lipinski definition) is 0. The number of hydrogen-bond acceptors (Lipinski definition) is 9. The Morgan fingerprint density at radius 1 is 1.10 bits per heavy atom. The zero-order chi connectivity index (χ0) is 29.7. The number of esters is 1. The molecule has 3 aromatic rings. The van der Waals surface area contributed by atoms with E-state index in [4.69, 9.17) is 23.7 Å². The van der Waals surface area contributed by atoms with Gasteiger partial charge in [0.25, 0.3) is 5.56 Å². The van der Waals surface area contributed by atoms with Crippen molar-refractivity contribution in [1.82, 2.24) is 4.57 Å². The molecule has 1 aromatic heterocycles. The summed E-state index contributed by atoms with van der Waals surface area (Å²) in [5.74, 6) is 1.54. The third-order valence-corrected chi connectivity index (χ3v) is 7.79. The highest BCUT2D eigenvalue weighted by Gasteiger charge is 2.34. The van der Waals surface area contributed by atoms with Gasteiger partial charge in [0.1, 0.15) is 6.61 Å². The molecule has 216 valence electrons. The Balaban J connectivity index is 1.93. The number of allylic oxidation sites excluding steroid dienone is 1. The van der Waals surface area contributed by atoms with Crippen LogP contribution in [0, 0.1) is 0 Å². The number of benzene rings is 2. The van der Waals surface area contributed by atoms with Gasteiger partial charge in [0.05, 0.1) is 53.8 Å². The fourth-order valence-corrected chi connectivity index (χ4v) is 6.12. The highest BCUT2D eigenvalue weighted by atomic mass is 79.9. The Morgan fingerprint density at radius 3 is 2.51 bits per heavy atom. The first-order valence-electron chi connectivity index (χ1n) is 12.9. The van der Waals surface area contributed by atoms with Crippen molar-refractivity contribution >= 4 is 39.3 Å². The van der Waals surface area contributed by atoms with E-state index in [9.17, 15) is 9.59 Å².